The normalized spacial score (nSPS) is 9.29. The zero-order chi connectivity index (χ0) is 12.8. The van der Waals surface area contributed by atoms with Crippen molar-refractivity contribution in [2.45, 2.75) is 6.92 Å². The number of carbonyl (C=O) groups is 1. The van der Waals surface area contributed by atoms with Gasteiger partial charge in [-0.1, -0.05) is 16.8 Å². The fraction of sp³-hybridized carbons (Fsp3) is 0.0909. The first kappa shape index (κ1) is 13.1. The van der Waals surface area contributed by atoms with Crippen molar-refractivity contribution in [1.29, 1.82) is 0 Å². The van der Waals surface area contributed by atoms with E-state index in [9.17, 15) is 4.79 Å². The van der Waals surface area contributed by atoms with Gasteiger partial charge in [-0.15, -0.1) is 0 Å². The maximum atomic E-state index is 10.2. The lowest BCUT2D eigenvalue weighted by Crippen LogP contribution is -1.94. The summed E-state index contributed by atoms with van der Waals surface area (Å²) >= 11 is 5.56. The molecule has 1 heterocycles. The van der Waals surface area contributed by atoms with Crippen molar-refractivity contribution >= 4 is 23.3 Å². The van der Waals surface area contributed by atoms with E-state index in [4.69, 9.17) is 22.4 Å². The summed E-state index contributed by atoms with van der Waals surface area (Å²) < 4.78 is 4.49. The molecule has 0 bridgehead atoms. The summed E-state index contributed by atoms with van der Waals surface area (Å²) in [6, 6.07) is 7.05. The summed E-state index contributed by atoms with van der Waals surface area (Å²) in [5.74, 6) is -0.670. The zero-order valence-corrected chi connectivity index (χ0v) is 9.81. The number of nitrogens with two attached hydrogens (primary N) is 1. The van der Waals surface area contributed by atoms with E-state index in [2.05, 4.69) is 9.68 Å². The number of carboxylic acids is 1. The molecule has 3 N–H and O–H groups in total. The summed E-state index contributed by atoms with van der Waals surface area (Å²) in [7, 11) is 0. The lowest BCUT2D eigenvalue weighted by Gasteiger charge is -1.88. The van der Waals surface area contributed by atoms with E-state index in [0.29, 0.717) is 5.76 Å². The first-order valence-corrected chi connectivity index (χ1v) is 5.04. The van der Waals surface area contributed by atoms with E-state index in [-0.39, 0.29) is 5.56 Å². The molecule has 1 aromatic carbocycles. The summed E-state index contributed by atoms with van der Waals surface area (Å²) in [4.78, 5) is 10.2. The SMILES string of the molecule is Cc1oncc1C(=O)O.Nc1ccc(Cl)cc1. The van der Waals surface area contributed by atoms with Crippen LogP contribution in [-0.2, 0) is 0 Å². The largest absolute Gasteiger partial charge is 0.478 e. The number of halogens is 1. The molecule has 0 atom stereocenters. The van der Waals surface area contributed by atoms with Crippen LogP contribution in [0.1, 0.15) is 16.1 Å². The predicted molar refractivity (Wildman–Crippen MR) is 64.1 cm³/mol. The first-order valence-electron chi connectivity index (χ1n) is 4.66. The van der Waals surface area contributed by atoms with Crippen LogP contribution in [0, 0.1) is 6.92 Å². The van der Waals surface area contributed by atoms with Gasteiger partial charge in [0.1, 0.15) is 11.3 Å². The number of benzene rings is 1. The molecule has 0 aliphatic heterocycles. The fourth-order valence-corrected chi connectivity index (χ4v) is 1.09. The van der Waals surface area contributed by atoms with Gasteiger partial charge in [-0.3, -0.25) is 0 Å². The van der Waals surface area contributed by atoms with Crippen LogP contribution < -0.4 is 5.73 Å². The van der Waals surface area contributed by atoms with Gasteiger partial charge in [0.15, 0.2) is 0 Å². The molecule has 90 valence electrons. The third-order valence-corrected chi connectivity index (χ3v) is 2.10. The number of hydrogen-bond donors (Lipinski definition) is 2. The van der Waals surface area contributed by atoms with E-state index < -0.39 is 5.97 Å². The topological polar surface area (TPSA) is 89.3 Å². The molecule has 0 radical (unpaired) electrons. The molecule has 0 fully saturated rings. The Morgan fingerprint density at radius 1 is 1.41 bits per heavy atom. The first-order chi connectivity index (χ1) is 8.00. The Hall–Kier alpha value is -2.01. The van der Waals surface area contributed by atoms with Crippen molar-refractivity contribution in [3.63, 3.8) is 0 Å². The highest BCUT2D eigenvalue weighted by molar-refractivity contribution is 6.30. The van der Waals surface area contributed by atoms with Crippen LogP contribution >= 0.6 is 11.6 Å². The quantitative estimate of drug-likeness (QED) is 0.764. The molecular formula is C11H11ClN2O3. The fourth-order valence-electron chi connectivity index (χ4n) is 0.967. The van der Waals surface area contributed by atoms with Gasteiger partial charge in [0.25, 0.3) is 0 Å². The Labute approximate surface area is 103 Å². The molecule has 1 aromatic heterocycles. The van der Waals surface area contributed by atoms with Gasteiger partial charge in [-0.05, 0) is 31.2 Å². The Kier molecular flexibility index (Phi) is 4.54. The number of nitrogen functional groups attached to an aromatic ring is 1. The maximum Gasteiger partial charge on any atom is 0.340 e. The summed E-state index contributed by atoms with van der Waals surface area (Å²) in [6.45, 7) is 1.55. The second kappa shape index (κ2) is 5.91. The number of aromatic nitrogens is 1. The average molecular weight is 255 g/mol. The molecule has 0 saturated heterocycles. The summed E-state index contributed by atoms with van der Waals surface area (Å²) in [5.41, 5.74) is 6.23. The summed E-state index contributed by atoms with van der Waals surface area (Å²) in [6.07, 6.45) is 1.18. The van der Waals surface area contributed by atoms with Crippen LogP contribution in [0.5, 0.6) is 0 Å². The van der Waals surface area contributed by atoms with Crippen molar-refractivity contribution < 1.29 is 14.4 Å². The molecule has 6 heteroatoms. The molecule has 0 saturated carbocycles. The Morgan fingerprint density at radius 3 is 2.29 bits per heavy atom. The number of nitrogens with zero attached hydrogens (tertiary/aromatic N) is 1. The number of aryl methyl sites for hydroxylation is 1. The molecule has 17 heavy (non-hydrogen) atoms. The molecule has 0 amide bonds. The molecule has 0 aliphatic carbocycles. The van der Waals surface area contributed by atoms with Crippen LogP contribution in [-0.4, -0.2) is 16.2 Å². The Balaban J connectivity index is 0.000000171. The second-order valence-electron chi connectivity index (χ2n) is 3.15. The van der Waals surface area contributed by atoms with Crippen molar-refractivity contribution in [2.24, 2.45) is 0 Å². The van der Waals surface area contributed by atoms with Gasteiger partial charge < -0.3 is 15.4 Å². The Morgan fingerprint density at radius 2 is 2.00 bits per heavy atom. The van der Waals surface area contributed by atoms with Crippen molar-refractivity contribution in [3.05, 3.63) is 46.8 Å². The van der Waals surface area contributed by atoms with E-state index >= 15 is 0 Å². The number of aromatic carboxylic acids is 1. The van der Waals surface area contributed by atoms with Crippen molar-refractivity contribution in [2.75, 3.05) is 5.73 Å². The molecule has 2 aromatic rings. The average Bonchev–Trinajstić information content (AvgIpc) is 2.70. The van der Waals surface area contributed by atoms with Crippen LogP contribution in [0.15, 0.2) is 35.0 Å². The van der Waals surface area contributed by atoms with Crippen LogP contribution in [0.3, 0.4) is 0 Å². The zero-order valence-electron chi connectivity index (χ0n) is 9.05. The molecule has 0 unspecified atom stereocenters. The van der Waals surface area contributed by atoms with Gasteiger partial charge in [-0.25, -0.2) is 4.79 Å². The Bertz CT molecular complexity index is 473. The third kappa shape index (κ3) is 4.16. The lowest BCUT2D eigenvalue weighted by atomic mass is 10.3. The minimum absolute atomic E-state index is 0.120. The van der Waals surface area contributed by atoms with E-state index in [1.165, 1.54) is 6.20 Å². The molecular weight excluding hydrogens is 244 g/mol. The number of anilines is 1. The maximum absolute atomic E-state index is 10.2. The standard InChI is InChI=1S/C6H6ClN.C5H5NO3/c7-5-1-3-6(8)4-2-5;1-3-4(5(7)8)2-6-9-3/h1-4H,8H2;2H,1H3,(H,7,8). The molecule has 0 spiro atoms. The van der Waals surface area contributed by atoms with Gasteiger partial charge in [-0.2, -0.15) is 0 Å². The molecule has 0 aliphatic rings. The van der Waals surface area contributed by atoms with E-state index in [0.717, 1.165) is 10.7 Å². The van der Waals surface area contributed by atoms with Crippen molar-refractivity contribution in [1.82, 2.24) is 5.16 Å². The van der Waals surface area contributed by atoms with E-state index in [1.54, 1.807) is 31.2 Å². The smallest absolute Gasteiger partial charge is 0.340 e. The van der Waals surface area contributed by atoms with Crippen LogP contribution in [0.2, 0.25) is 5.02 Å². The highest BCUT2D eigenvalue weighted by atomic mass is 35.5. The third-order valence-electron chi connectivity index (χ3n) is 1.85. The van der Waals surface area contributed by atoms with Gasteiger partial charge in [0.05, 0.1) is 6.20 Å². The van der Waals surface area contributed by atoms with Crippen LogP contribution in [0.4, 0.5) is 5.69 Å². The predicted octanol–water partition coefficient (Wildman–Crippen LogP) is 2.60. The van der Waals surface area contributed by atoms with E-state index in [1.807, 2.05) is 0 Å². The van der Waals surface area contributed by atoms with Gasteiger partial charge in [0.2, 0.25) is 0 Å². The monoisotopic (exact) mass is 254 g/mol. The van der Waals surface area contributed by atoms with Crippen molar-refractivity contribution in [3.8, 4) is 0 Å². The summed E-state index contributed by atoms with van der Waals surface area (Å²) in [5, 5.41) is 12.4. The highest BCUT2D eigenvalue weighted by Gasteiger charge is 2.09. The number of rotatable bonds is 1. The molecule has 2 rings (SSSR count). The minimum atomic E-state index is -1.01. The van der Waals surface area contributed by atoms with Gasteiger partial charge in [0, 0.05) is 10.7 Å². The highest BCUT2D eigenvalue weighted by Crippen LogP contribution is 2.09. The number of hydrogen-bond acceptors (Lipinski definition) is 4. The van der Waals surface area contributed by atoms with Gasteiger partial charge >= 0.3 is 5.97 Å². The second-order valence-corrected chi connectivity index (χ2v) is 3.59. The van der Waals surface area contributed by atoms with Crippen LogP contribution in [0.25, 0.3) is 0 Å². The molecule has 5 nitrogen and oxygen atoms in total. The number of carboxylic acid groups (broad SMARTS) is 1. The minimum Gasteiger partial charge on any atom is -0.478 e. The lowest BCUT2D eigenvalue weighted by molar-refractivity contribution is 0.0695.